The van der Waals surface area contributed by atoms with Crippen LogP contribution < -0.4 is 0 Å². The van der Waals surface area contributed by atoms with E-state index in [1.54, 1.807) is 0 Å². The fraction of sp³-hybridized carbons (Fsp3) is 0.143. The van der Waals surface area contributed by atoms with E-state index in [1.165, 1.54) is 6.08 Å². The topological polar surface area (TPSA) is 20.2 Å². The van der Waals surface area contributed by atoms with Gasteiger partial charge in [-0.2, -0.15) is 0 Å². The molecule has 0 aromatic heterocycles. The standard InChI is InChI=1S/C7H10OS/c1-5(2)7(9)4-6(3)8/h4,8-9H,1,3H2,2H3/b7-4+. The monoisotopic (exact) mass is 142 g/mol. The Balaban J connectivity index is 4.17. The molecule has 0 saturated heterocycles. The van der Waals surface area contributed by atoms with Gasteiger partial charge >= 0.3 is 0 Å². The summed E-state index contributed by atoms with van der Waals surface area (Å²) in [5, 5.41) is 8.61. The summed E-state index contributed by atoms with van der Waals surface area (Å²) in [5.41, 5.74) is 0.813. The highest BCUT2D eigenvalue weighted by molar-refractivity contribution is 7.84. The maximum atomic E-state index is 8.61. The van der Waals surface area contributed by atoms with Gasteiger partial charge in [-0.3, -0.25) is 0 Å². The van der Waals surface area contributed by atoms with Crippen LogP contribution in [0.1, 0.15) is 6.92 Å². The van der Waals surface area contributed by atoms with Crippen LogP contribution in [0.3, 0.4) is 0 Å². The number of thiol groups is 1. The van der Waals surface area contributed by atoms with Crippen LogP contribution in [0.25, 0.3) is 0 Å². The molecule has 0 aromatic carbocycles. The van der Waals surface area contributed by atoms with Crippen molar-refractivity contribution in [1.29, 1.82) is 0 Å². The van der Waals surface area contributed by atoms with Crippen LogP contribution in [0.5, 0.6) is 0 Å². The normalized spacial score (nSPS) is 11.1. The molecule has 1 N–H and O–H groups in total. The molecule has 50 valence electrons. The summed E-state index contributed by atoms with van der Waals surface area (Å²) >= 11 is 4.01. The number of aliphatic hydroxyl groups excluding tert-OH is 1. The molecule has 0 heterocycles. The van der Waals surface area contributed by atoms with Gasteiger partial charge in [0.25, 0.3) is 0 Å². The van der Waals surface area contributed by atoms with Crippen molar-refractivity contribution in [2.24, 2.45) is 0 Å². The van der Waals surface area contributed by atoms with Crippen molar-refractivity contribution in [3.63, 3.8) is 0 Å². The number of aliphatic hydroxyl groups is 1. The second-order valence-corrected chi connectivity index (χ2v) is 2.28. The Labute approximate surface area is 60.8 Å². The van der Waals surface area contributed by atoms with Crippen LogP contribution in [0.15, 0.2) is 35.5 Å². The summed E-state index contributed by atoms with van der Waals surface area (Å²) in [6.07, 6.45) is 1.45. The lowest BCUT2D eigenvalue weighted by atomic mass is 10.3. The molecule has 0 unspecified atom stereocenters. The maximum absolute atomic E-state index is 8.61. The molecular weight excluding hydrogens is 132 g/mol. The molecule has 0 aliphatic carbocycles. The Morgan fingerprint density at radius 1 is 1.56 bits per heavy atom. The molecule has 0 aromatic rings. The molecule has 0 amide bonds. The highest BCUT2D eigenvalue weighted by Gasteiger charge is 1.89. The molecule has 0 radical (unpaired) electrons. The summed E-state index contributed by atoms with van der Waals surface area (Å²) < 4.78 is 0. The second-order valence-electron chi connectivity index (χ2n) is 1.80. The van der Waals surface area contributed by atoms with Gasteiger partial charge in [-0.15, -0.1) is 12.6 Å². The van der Waals surface area contributed by atoms with Crippen molar-refractivity contribution in [2.45, 2.75) is 6.92 Å². The van der Waals surface area contributed by atoms with E-state index in [-0.39, 0.29) is 5.76 Å². The summed E-state index contributed by atoms with van der Waals surface area (Å²) in [5.74, 6) is 0.00278. The molecule has 0 rings (SSSR count). The molecule has 0 aliphatic heterocycles. The molecule has 0 spiro atoms. The molecule has 0 bridgehead atoms. The third-order valence-electron chi connectivity index (χ3n) is 0.741. The van der Waals surface area contributed by atoms with Gasteiger partial charge in [0.15, 0.2) is 0 Å². The van der Waals surface area contributed by atoms with Crippen molar-refractivity contribution in [3.8, 4) is 0 Å². The zero-order valence-corrected chi connectivity index (χ0v) is 6.28. The van der Waals surface area contributed by atoms with E-state index < -0.39 is 0 Å². The van der Waals surface area contributed by atoms with Crippen LogP contribution in [-0.4, -0.2) is 5.11 Å². The van der Waals surface area contributed by atoms with Gasteiger partial charge in [-0.05, 0) is 18.6 Å². The molecule has 1 nitrogen and oxygen atoms in total. The third kappa shape index (κ3) is 3.91. The van der Waals surface area contributed by atoms with E-state index in [4.69, 9.17) is 5.11 Å². The van der Waals surface area contributed by atoms with Crippen LogP contribution in [0, 0.1) is 0 Å². The van der Waals surface area contributed by atoms with Gasteiger partial charge in [-0.25, -0.2) is 0 Å². The van der Waals surface area contributed by atoms with E-state index in [0.29, 0.717) is 4.91 Å². The molecule has 9 heavy (non-hydrogen) atoms. The first-order valence-electron chi connectivity index (χ1n) is 2.48. The van der Waals surface area contributed by atoms with Crippen LogP contribution >= 0.6 is 12.6 Å². The van der Waals surface area contributed by atoms with Gasteiger partial charge in [0.2, 0.25) is 0 Å². The van der Waals surface area contributed by atoms with Crippen molar-refractivity contribution in [2.75, 3.05) is 0 Å². The first-order chi connectivity index (χ1) is 4.04. The smallest absolute Gasteiger partial charge is 0.109 e. The van der Waals surface area contributed by atoms with E-state index in [1.807, 2.05) is 6.92 Å². The molecule has 0 atom stereocenters. The maximum Gasteiger partial charge on any atom is 0.109 e. The second kappa shape index (κ2) is 3.41. The molecule has 0 aliphatic rings. The fourth-order valence-electron chi connectivity index (χ4n) is 0.281. The lowest BCUT2D eigenvalue weighted by Crippen LogP contribution is -1.75. The SMILES string of the molecule is C=C(O)/C=C(/S)C(=C)C. The third-order valence-corrected chi connectivity index (χ3v) is 1.25. The predicted molar refractivity (Wildman–Crippen MR) is 43.7 cm³/mol. The largest absolute Gasteiger partial charge is 0.509 e. The van der Waals surface area contributed by atoms with E-state index in [9.17, 15) is 0 Å². The molecule has 0 saturated carbocycles. The minimum absolute atomic E-state index is 0.00278. The summed E-state index contributed by atoms with van der Waals surface area (Å²) in [4.78, 5) is 0.655. The van der Waals surface area contributed by atoms with Crippen LogP contribution in [0.4, 0.5) is 0 Å². The Kier molecular flexibility index (Phi) is 3.17. The Morgan fingerprint density at radius 3 is 2.11 bits per heavy atom. The average molecular weight is 142 g/mol. The summed E-state index contributed by atoms with van der Waals surface area (Å²) in [6, 6.07) is 0. The van der Waals surface area contributed by atoms with Crippen molar-refractivity contribution < 1.29 is 5.11 Å². The number of allylic oxidation sites excluding steroid dienone is 2. The fourth-order valence-corrected chi connectivity index (χ4v) is 0.430. The first kappa shape index (κ1) is 8.37. The van der Waals surface area contributed by atoms with Crippen molar-refractivity contribution in [3.05, 3.63) is 35.5 Å². The molecule has 2 heteroatoms. The van der Waals surface area contributed by atoms with Crippen LogP contribution in [0.2, 0.25) is 0 Å². The number of hydrogen-bond acceptors (Lipinski definition) is 2. The van der Waals surface area contributed by atoms with Gasteiger partial charge in [0.1, 0.15) is 5.76 Å². The quantitative estimate of drug-likeness (QED) is 0.345. The zero-order valence-electron chi connectivity index (χ0n) is 5.39. The van der Waals surface area contributed by atoms with Gasteiger partial charge in [0.05, 0.1) is 0 Å². The van der Waals surface area contributed by atoms with Gasteiger partial charge in [0, 0.05) is 4.91 Å². The highest BCUT2D eigenvalue weighted by Crippen LogP contribution is 2.11. The summed E-state index contributed by atoms with van der Waals surface area (Å²) in [7, 11) is 0. The zero-order chi connectivity index (χ0) is 7.44. The van der Waals surface area contributed by atoms with Gasteiger partial charge in [-0.1, -0.05) is 13.2 Å². The lowest BCUT2D eigenvalue weighted by molar-refractivity contribution is 0.435. The Bertz CT molecular complexity index is 168. The van der Waals surface area contributed by atoms with E-state index in [0.717, 1.165) is 5.57 Å². The average Bonchev–Trinajstić information content (AvgIpc) is 1.63. The van der Waals surface area contributed by atoms with Crippen molar-refractivity contribution >= 4 is 12.6 Å². The minimum atomic E-state index is 0.00278. The molecular formula is C7H10OS. The van der Waals surface area contributed by atoms with E-state index >= 15 is 0 Å². The van der Waals surface area contributed by atoms with Crippen molar-refractivity contribution in [1.82, 2.24) is 0 Å². The first-order valence-corrected chi connectivity index (χ1v) is 2.93. The van der Waals surface area contributed by atoms with Crippen LogP contribution in [-0.2, 0) is 0 Å². The minimum Gasteiger partial charge on any atom is -0.509 e. The number of rotatable bonds is 2. The molecule has 0 fully saturated rings. The van der Waals surface area contributed by atoms with Gasteiger partial charge < -0.3 is 5.11 Å². The lowest BCUT2D eigenvalue weighted by Gasteiger charge is -1.94. The predicted octanol–water partition coefficient (Wildman–Crippen LogP) is 2.45. The number of hydrogen-bond donors (Lipinski definition) is 2. The Morgan fingerprint density at radius 2 is 2.00 bits per heavy atom. The highest BCUT2D eigenvalue weighted by atomic mass is 32.1. The summed E-state index contributed by atoms with van der Waals surface area (Å²) in [6.45, 7) is 8.69. The van der Waals surface area contributed by atoms with E-state index in [2.05, 4.69) is 25.8 Å². The Hall–Kier alpha value is -0.630.